The van der Waals surface area contributed by atoms with Gasteiger partial charge in [0.25, 0.3) is 0 Å². The molecule has 0 radical (unpaired) electrons. The number of primary amides is 1. The maximum absolute atomic E-state index is 12.4. The molecule has 0 saturated carbocycles. The molecule has 2 amide bonds. The third-order valence-electron chi connectivity index (χ3n) is 4.63. The number of rotatable bonds is 11. The fourth-order valence-corrected chi connectivity index (χ4v) is 2.88. The number of benzene rings is 1. The van der Waals surface area contributed by atoms with Crippen LogP contribution in [0, 0.1) is 11.8 Å². The third kappa shape index (κ3) is 6.66. The molecule has 0 aliphatic carbocycles. The van der Waals surface area contributed by atoms with Crippen LogP contribution in [0.2, 0.25) is 0 Å². The van der Waals surface area contributed by atoms with Crippen molar-refractivity contribution in [3.63, 3.8) is 0 Å². The van der Waals surface area contributed by atoms with E-state index in [9.17, 15) is 14.4 Å². The Labute approximate surface area is 149 Å². The third-order valence-corrected chi connectivity index (χ3v) is 4.63. The van der Waals surface area contributed by atoms with Crippen LogP contribution >= 0.6 is 0 Å². The van der Waals surface area contributed by atoms with Crippen LogP contribution < -0.4 is 16.8 Å². The minimum Gasteiger partial charge on any atom is -0.369 e. The van der Waals surface area contributed by atoms with Crippen LogP contribution in [0.4, 0.5) is 0 Å². The Bertz CT molecular complexity index is 558. The van der Waals surface area contributed by atoms with Crippen molar-refractivity contribution in [2.75, 3.05) is 0 Å². The van der Waals surface area contributed by atoms with E-state index in [0.717, 1.165) is 18.4 Å². The summed E-state index contributed by atoms with van der Waals surface area (Å²) in [5.41, 5.74) is 12.4. The Hall–Kier alpha value is -2.21. The van der Waals surface area contributed by atoms with Gasteiger partial charge in [0.2, 0.25) is 11.8 Å². The first-order chi connectivity index (χ1) is 11.9. The molecular formula is C19H29N3O3. The number of carbonyl (C=O) groups is 3. The summed E-state index contributed by atoms with van der Waals surface area (Å²) in [5.74, 6) is -1.57. The van der Waals surface area contributed by atoms with Crippen molar-refractivity contribution in [1.29, 1.82) is 0 Å². The maximum Gasteiger partial charge on any atom is 0.238 e. The molecule has 6 nitrogen and oxygen atoms in total. The summed E-state index contributed by atoms with van der Waals surface area (Å²) in [4.78, 5) is 35.5. The van der Waals surface area contributed by atoms with Gasteiger partial charge in [0.05, 0.1) is 18.0 Å². The standard InChI is InChI=1S/C19H29N3O3/c1-3-13(4-2)11-16(18(21)24)17(20)19(25)22-15(12-23)10-14-8-6-5-7-9-14/h5-9,12-13,15-17H,3-4,10-11,20H2,1-2H3,(H2,21,24)(H,22,25)/t15-,16?,17-/m0/s1. The molecule has 0 aliphatic rings. The van der Waals surface area contributed by atoms with Gasteiger partial charge < -0.3 is 21.6 Å². The molecule has 0 heterocycles. The largest absolute Gasteiger partial charge is 0.369 e. The summed E-state index contributed by atoms with van der Waals surface area (Å²) < 4.78 is 0. The number of amides is 2. The molecule has 25 heavy (non-hydrogen) atoms. The zero-order valence-electron chi connectivity index (χ0n) is 15.0. The molecule has 5 N–H and O–H groups in total. The number of nitrogens with one attached hydrogen (secondary N) is 1. The van der Waals surface area contributed by atoms with Crippen molar-refractivity contribution >= 4 is 18.1 Å². The normalized spacial score (nSPS) is 14.6. The van der Waals surface area contributed by atoms with Gasteiger partial charge in [-0.15, -0.1) is 0 Å². The van der Waals surface area contributed by atoms with Gasteiger partial charge in [-0.1, -0.05) is 57.0 Å². The summed E-state index contributed by atoms with van der Waals surface area (Å²) in [6.07, 6.45) is 3.30. The zero-order chi connectivity index (χ0) is 18.8. The lowest BCUT2D eigenvalue weighted by molar-refractivity contribution is -0.131. The molecule has 0 bridgehead atoms. The van der Waals surface area contributed by atoms with E-state index >= 15 is 0 Å². The summed E-state index contributed by atoms with van der Waals surface area (Å²) in [6, 6.07) is 7.61. The van der Waals surface area contributed by atoms with Crippen LogP contribution in [0.25, 0.3) is 0 Å². The van der Waals surface area contributed by atoms with E-state index < -0.39 is 29.8 Å². The second-order valence-electron chi connectivity index (χ2n) is 6.39. The highest BCUT2D eigenvalue weighted by atomic mass is 16.2. The molecule has 1 unspecified atom stereocenters. The van der Waals surface area contributed by atoms with E-state index in [0.29, 0.717) is 19.1 Å². The number of hydrogen-bond acceptors (Lipinski definition) is 4. The molecule has 0 aliphatic heterocycles. The van der Waals surface area contributed by atoms with Crippen LogP contribution in [0.3, 0.4) is 0 Å². The SMILES string of the molecule is CCC(CC)CC(C(N)=O)[C@H](N)C(=O)N[C@H](C=O)Cc1ccccc1. The highest BCUT2D eigenvalue weighted by Crippen LogP contribution is 2.21. The lowest BCUT2D eigenvalue weighted by atomic mass is 9.85. The fraction of sp³-hybridized carbons (Fsp3) is 0.526. The van der Waals surface area contributed by atoms with Crippen molar-refractivity contribution in [2.24, 2.45) is 23.3 Å². The molecule has 1 aromatic rings. The zero-order valence-corrected chi connectivity index (χ0v) is 15.0. The number of nitrogens with two attached hydrogens (primary N) is 2. The minimum absolute atomic E-state index is 0.280. The summed E-state index contributed by atoms with van der Waals surface area (Å²) in [5, 5.41) is 2.62. The molecule has 0 saturated heterocycles. The Balaban J connectivity index is 2.73. The lowest BCUT2D eigenvalue weighted by Gasteiger charge is -2.25. The van der Waals surface area contributed by atoms with Gasteiger partial charge in [-0.25, -0.2) is 0 Å². The number of hydrogen-bond donors (Lipinski definition) is 3. The van der Waals surface area contributed by atoms with E-state index in [4.69, 9.17) is 11.5 Å². The van der Waals surface area contributed by atoms with E-state index in [1.165, 1.54) is 0 Å². The van der Waals surface area contributed by atoms with Gasteiger partial charge in [-0.2, -0.15) is 0 Å². The quantitative estimate of drug-likeness (QED) is 0.521. The molecule has 1 rings (SSSR count). The first-order valence-corrected chi connectivity index (χ1v) is 8.77. The Kier molecular flexibility index (Phi) is 8.84. The van der Waals surface area contributed by atoms with Crippen molar-refractivity contribution in [1.82, 2.24) is 5.32 Å². The van der Waals surface area contributed by atoms with Gasteiger partial charge in [0.15, 0.2) is 0 Å². The predicted molar refractivity (Wildman–Crippen MR) is 97.5 cm³/mol. The average Bonchev–Trinajstić information content (AvgIpc) is 2.62. The highest BCUT2D eigenvalue weighted by molar-refractivity contribution is 5.90. The molecule has 0 spiro atoms. The van der Waals surface area contributed by atoms with Crippen LogP contribution in [-0.2, 0) is 20.8 Å². The van der Waals surface area contributed by atoms with E-state index in [-0.39, 0.29) is 5.92 Å². The molecule has 0 fully saturated rings. The number of carbonyl (C=O) groups excluding carboxylic acids is 3. The molecule has 3 atom stereocenters. The fourth-order valence-electron chi connectivity index (χ4n) is 2.88. The van der Waals surface area contributed by atoms with Gasteiger partial charge >= 0.3 is 0 Å². The molecule has 0 aromatic heterocycles. The maximum atomic E-state index is 12.4. The average molecular weight is 347 g/mol. The number of aldehydes is 1. The molecule has 1 aromatic carbocycles. The van der Waals surface area contributed by atoms with E-state index in [1.54, 1.807) is 0 Å². The van der Waals surface area contributed by atoms with Crippen LogP contribution in [0.1, 0.15) is 38.7 Å². The van der Waals surface area contributed by atoms with Gasteiger partial charge in [0, 0.05) is 0 Å². The lowest BCUT2D eigenvalue weighted by Crippen LogP contribution is -2.53. The predicted octanol–water partition coefficient (Wildman–Crippen LogP) is 1.17. The van der Waals surface area contributed by atoms with E-state index in [1.807, 2.05) is 44.2 Å². The minimum atomic E-state index is -1.06. The van der Waals surface area contributed by atoms with Gasteiger partial charge in [-0.3, -0.25) is 9.59 Å². The van der Waals surface area contributed by atoms with Crippen LogP contribution in [0.5, 0.6) is 0 Å². The van der Waals surface area contributed by atoms with E-state index in [2.05, 4.69) is 5.32 Å². The molecule has 6 heteroatoms. The Morgan fingerprint density at radius 3 is 2.24 bits per heavy atom. The van der Waals surface area contributed by atoms with Crippen molar-refractivity contribution in [2.45, 2.75) is 51.6 Å². The second kappa shape index (κ2) is 10.6. The highest BCUT2D eigenvalue weighted by Gasteiger charge is 2.31. The Morgan fingerprint density at radius 2 is 1.76 bits per heavy atom. The summed E-state index contributed by atoms with van der Waals surface area (Å²) in [6.45, 7) is 4.06. The molecule has 138 valence electrons. The van der Waals surface area contributed by atoms with Crippen LogP contribution in [0.15, 0.2) is 30.3 Å². The van der Waals surface area contributed by atoms with Crippen molar-refractivity contribution in [3.05, 3.63) is 35.9 Å². The summed E-state index contributed by atoms with van der Waals surface area (Å²) >= 11 is 0. The Morgan fingerprint density at radius 1 is 1.16 bits per heavy atom. The summed E-state index contributed by atoms with van der Waals surface area (Å²) in [7, 11) is 0. The molecular weight excluding hydrogens is 318 g/mol. The topological polar surface area (TPSA) is 115 Å². The first-order valence-electron chi connectivity index (χ1n) is 8.77. The monoisotopic (exact) mass is 347 g/mol. The van der Waals surface area contributed by atoms with Crippen LogP contribution in [-0.4, -0.2) is 30.2 Å². The van der Waals surface area contributed by atoms with Crippen molar-refractivity contribution < 1.29 is 14.4 Å². The second-order valence-corrected chi connectivity index (χ2v) is 6.39. The first kappa shape index (κ1) is 20.8. The van der Waals surface area contributed by atoms with Crippen molar-refractivity contribution in [3.8, 4) is 0 Å². The smallest absolute Gasteiger partial charge is 0.238 e. The van der Waals surface area contributed by atoms with Gasteiger partial charge in [0.1, 0.15) is 6.29 Å². The van der Waals surface area contributed by atoms with Gasteiger partial charge in [-0.05, 0) is 24.3 Å².